The van der Waals surface area contributed by atoms with E-state index in [2.05, 4.69) is 29.9 Å². The Hall–Kier alpha value is -7.44. The molecule has 9 saturated carbocycles. The van der Waals surface area contributed by atoms with E-state index in [4.69, 9.17) is 17.2 Å². The monoisotopic (exact) mass is 1530 g/mol. The third-order valence-electron chi connectivity index (χ3n) is 22.4. The number of alkyl halides is 24. The van der Waals surface area contributed by atoms with Gasteiger partial charge in [-0.15, -0.1) is 0 Å². The predicted molar refractivity (Wildman–Crippen MR) is 319 cm³/mol. The molecule has 12 fully saturated rings. The molecule has 3 aliphatic heterocycles. The zero-order valence-corrected chi connectivity index (χ0v) is 54.3. The van der Waals surface area contributed by atoms with Crippen LogP contribution in [0.1, 0.15) is 149 Å². The SMILES string of the molecule is Nc1ncc(-c2cn(C34CC(N5CCC(F)(F)CC5)(C3)C4)c(C(O)C(F)(F)F)n2)cc1C(F)(F)F.Nc1ncc(-c2cn(C34CC(N5CCC(F)(F)CC5)(C3)C4)c([C@@H](O)C(F)(F)F)n2)cc1C(F)(F)F.Nc1ncc(-c2cn(C34CC(N5CCC(F)(F)CC5)(C3)C4)c([C@H](O)C(F)(F)F)n2)cc1C(F)(F)F. The lowest BCUT2D eigenvalue weighted by Gasteiger charge is -2.75. The summed E-state index contributed by atoms with van der Waals surface area (Å²) < 4.78 is 325. The molecular weight excluding hydrogens is 1470 g/mol. The van der Waals surface area contributed by atoms with Crippen molar-refractivity contribution in [1.29, 1.82) is 0 Å². The molecule has 576 valence electrons. The van der Waals surface area contributed by atoms with Crippen LogP contribution in [0.4, 0.5) is 123 Å². The Kier molecular flexibility index (Phi) is 17.5. The zero-order chi connectivity index (χ0) is 76.8. The molecular formula is C63H63F24N15O3. The smallest absolute Gasteiger partial charge is 0.383 e. The Morgan fingerprint density at radius 2 is 0.533 bits per heavy atom. The van der Waals surface area contributed by atoms with E-state index in [1.165, 1.54) is 32.3 Å². The number of anilines is 3. The Morgan fingerprint density at radius 1 is 0.333 bits per heavy atom. The van der Waals surface area contributed by atoms with Crippen LogP contribution in [-0.2, 0) is 35.1 Å². The Balaban J connectivity index is 0.000000140. The molecule has 9 aliphatic carbocycles. The highest BCUT2D eigenvalue weighted by Gasteiger charge is 2.75. The van der Waals surface area contributed by atoms with E-state index in [9.17, 15) is 121 Å². The highest BCUT2D eigenvalue weighted by Crippen LogP contribution is 2.72. The first kappa shape index (κ1) is 75.8. The molecule has 0 aromatic carbocycles. The van der Waals surface area contributed by atoms with Crippen molar-refractivity contribution in [2.24, 2.45) is 0 Å². The number of pyridine rings is 3. The fourth-order valence-electron chi connectivity index (χ4n) is 17.0. The van der Waals surface area contributed by atoms with Crippen LogP contribution in [0.5, 0.6) is 0 Å². The largest absolute Gasteiger partial charge is 0.421 e. The number of imidazole rings is 3. The predicted octanol–water partition coefficient (Wildman–Crippen LogP) is 13.5. The molecule has 9 N–H and O–H groups in total. The average molecular weight is 1530 g/mol. The summed E-state index contributed by atoms with van der Waals surface area (Å²) in [5, 5.41) is 29.9. The molecule has 0 spiro atoms. The van der Waals surface area contributed by atoms with Gasteiger partial charge in [-0.25, -0.2) is 56.2 Å². The Labute approximate surface area is 577 Å². The van der Waals surface area contributed by atoms with Gasteiger partial charge in [-0.3, -0.25) is 14.7 Å². The highest BCUT2D eigenvalue weighted by atomic mass is 19.4. The summed E-state index contributed by atoms with van der Waals surface area (Å²) >= 11 is 0. The number of aromatic nitrogens is 9. The first-order valence-electron chi connectivity index (χ1n) is 32.6. The molecule has 0 amide bonds. The number of rotatable bonds is 12. The van der Waals surface area contributed by atoms with Crippen molar-refractivity contribution >= 4 is 17.5 Å². The first-order valence-corrected chi connectivity index (χ1v) is 32.6. The van der Waals surface area contributed by atoms with Crippen molar-refractivity contribution in [2.45, 2.75) is 203 Å². The van der Waals surface area contributed by atoms with Gasteiger partial charge in [0.15, 0.2) is 0 Å². The van der Waals surface area contributed by atoms with Crippen molar-refractivity contribution in [2.75, 3.05) is 56.5 Å². The number of piperidine rings is 3. The van der Waals surface area contributed by atoms with Gasteiger partial charge in [0, 0.05) is 148 Å². The molecule has 18 rings (SSSR count). The lowest BCUT2D eigenvalue weighted by Crippen LogP contribution is -2.79. The van der Waals surface area contributed by atoms with Crippen molar-refractivity contribution in [3.05, 3.63) is 89.5 Å². The summed E-state index contributed by atoms with van der Waals surface area (Å²) in [6.07, 6.45) is -30.5. The summed E-state index contributed by atoms with van der Waals surface area (Å²) in [6.45, 7) is 1.05. The van der Waals surface area contributed by atoms with E-state index in [1.807, 2.05) is 14.7 Å². The maximum absolute atomic E-state index is 13.5. The van der Waals surface area contributed by atoms with Gasteiger partial charge in [-0.05, 0) is 76.0 Å². The van der Waals surface area contributed by atoms with Crippen LogP contribution in [0.25, 0.3) is 33.8 Å². The third kappa shape index (κ3) is 13.4. The normalized spacial score (nSPS) is 29.4. The van der Waals surface area contributed by atoms with Gasteiger partial charge in [0.05, 0.1) is 50.4 Å². The minimum absolute atomic E-state index is 0.174. The van der Waals surface area contributed by atoms with Crippen LogP contribution in [-0.4, -0.2) is 166 Å². The molecule has 105 heavy (non-hydrogen) atoms. The van der Waals surface area contributed by atoms with Crippen molar-refractivity contribution in [3.63, 3.8) is 0 Å². The molecule has 1 unspecified atom stereocenters. The quantitative estimate of drug-likeness (QED) is 0.0625. The minimum Gasteiger partial charge on any atom is -0.383 e. The fourth-order valence-corrected chi connectivity index (χ4v) is 17.0. The van der Waals surface area contributed by atoms with E-state index >= 15 is 0 Å². The van der Waals surface area contributed by atoms with Gasteiger partial charge in [0.25, 0.3) is 17.8 Å². The number of likely N-dealkylation sites (tertiary alicyclic amines) is 3. The van der Waals surface area contributed by atoms with Crippen LogP contribution in [0, 0.1) is 0 Å². The molecule has 3 atom stereocenters. The highest BCUT2D eigenvalue weighted by molar-refractivity contribution is 5.65. The molecule has 42 heteroatoms. The van der Waals surface area contributed by atoms with Gasteiger partial charge in [0.2, 0.25) is 18.3 Å². The molecule has 0 radical (unpaired) electrons. The summed E-state index contributed by atoms with van der Waals surface area (Å²) in [5.74, 6) is -12.8. The van der Waals surface area contributed by atoms with E-state index in [0.717, 1.165) is 18.6 Å². The number of aliphatic hydroxyl groups is 3. The zero-order valence-electron chi connectivity index (χ0n) is 54.3. The van der Waals surface area contributed by atoms with Gasteiger partial charge in [0.1, 0.15) is 34.9 Å². The fraction of sp³-hybridized carbons (Fsp3) is 0.619. The van der Waals surface area contributed by atoms with Crippen molar-refractivity contribution in [1.82, 2.24) is 58.3 Å². The van der Waals surface area contributed by atoms with Crippen LogP contribution in [0.2, 0.25) is 0 Å². The first-order chi connectivity index (χ1) is 48.2. The van der Waals surface area contributed by atoms with E-state index in [-0.39, 0.29) is 112 Å². The second kappa shape index (κ2) is 24.3. The molecule has 12 aliphatic rings. The summed E-state index contributed by atoms with van der Waals surface area (Å²) in [4.78, 5) is 27.9. The molecule has 6 bridgehead atoms. The second-order valence-electron chi connectivity index (χ2n) is 29.3. The number of hydrogen-bond acceptors (Lipinski definition) is 15. The number of halogens is 24. The minimum atomic E-state index is -5.06. The Morgan fingerprint density at radius 3 is 0.714 bits per heavy atom. The van der Waals surface area contributed by atoms with Gasteiger partial charge in [-0.2, -0.15) is 79.0 Å². The van der Waals surface area contributed by atoms with Crippen molar-refractivity contribution < 1.29 is 121 Å². The summed E-state index contributed by atoms with van der Waals surface area (Å²) in [7, 11) is 0. The van der Waals surface area contributed by atoms with E-state index in [0.29, 0.717) is 76.0 Å². The maximum atomic E-state index is 13.5. The van der Waals surface area contributed by atoms with Crippen LogP contribution in [0.3, 0.4) is 0 Å². The number of nitrogens with zero attached hydrogens (tertiary/aromatic N) is 12. The molecule has 9 heterocycles. The lowest BCUT2D eigenvalue weighted by atomic mass is 9.43. The molecule has 3 saturated heterocycles. The van der Waals surface area contributed by atoms with Gasteiger partial charge < -0.3 is 46.2 Å². The van der Waals surface area contributed by atoms with Crippen LogP contribution < -0.4 is 17.2 Å². The lowest BCUT2D eigenvalue weighted by molar-refractivity contribution is -0.234. The van der Waals surface area contributed by atoms with E-state index in [1.54, 1.807) is 0 Å². The third-order valence-corrected chi connectivity index (χ3v) is 22.4. The van der Waals surface area contributed by atoms with Crippen molar-refractivity contribution in [3.8, 4) is 33.8 Å². The standard InChI is InChI=1S/3C21H21F8N5O/c3*22-19(23)1-3-33(4-2-19)17-8-18(9-17,10-17)34-7-13(32-16(34)14(35)21(27,28)29)11-5-12(20(24,25)26)15(30)31-6-11/h3*5-7,14,35H,1-4,8-10H2,(H2,30,31)/t2*14-,17?,18?;/m10./s1. The average Bonchev–Trinajstić information content (AvgIpc) is 1.57. The van der Waals surface area contributed by atoms with E-state index < -0.39 is 158 Å². The molecule has 6 aromatic heterocycles. The number of aliphatic hydroxyl groups excluding tert-OH is 3. The topological polar surface area (TPSA) is 241 Å². The number of hydrogen-bond donors (Lipinski definition) is 6. The van der Waals surface area contributed by atoms with Crippen LogP contribution in [0.15, 0.2) is 55.4 Å². The molecule has 18 nitrogen and oxygen atoms in total. The summed E-state index contributed by atoms with van der Waals surface area (Å²) in [6, 6.07) is 1.95. The number of nitrogen functional groups attached to an aromatic ring is 3. The van der Waals surface area contributed by atoms with Gasteiger partial charge in [-0.1, -0.05) is 0 Å². The molecule has 6 aromatic rings. The summed E-state index contributed by atoms with van der Waals surface area (Å²) in [5.41, 5.74) is 7.13. The van der Waals surface area contributed by atoms with Crippen LogP contribution >= 0.6 is 0 Å². The number of nitrogens with two attached hydrogens (primary N) is 3. The van der Waals surface area contributed by atoms with Gasteiger partial charge >= 0.3 is 37.1 Å². The maximum Gasteiger partial charge on any atom is 0.421 e. The second-order valence-corrected chi connectivity index (χ2v) is 29.3. The Bertz CT molecular complexity index is 3810.